The Hall–Kier alpha value is -1.64. The fraction of sp³-hybridized carbons (Fsp3) is 0.556. The fourth-order valence-corrected chi connectivity index (χ4v) is 2.98. The summed E-state index contributed by atoms with van der Waals surface area (Å²) in [6, 6.07) is 7.77. The largest absolute Gasteiger partial charge is 0.466 e. The van der Waals surface area contributed by atoms with Gasteiger partial charge in [0.25, 0.3) is 0 Å². The maximum atomic E-state index is 12.0. The van der Waals surface area contributed by atoms with Gasteiger partial charge in [-0.2, -0.15) is 0 Å². The van der Waals surface area contributed by atoms with Crippen LogP contribution >= 0.6 is 0 Å². The molecular formula is C18H24O3. The molecule has 1 aromatic rings. The van der Waals surface area contributed by atoms with E-state index in [0.717, 1.165) is 5.92 Å². The van der Waals surface area contributed by atoms with E-state index in [-0.39, 0.29) is 12.2 Å². The first kappa shape index (κ1) is 15.7. The van der Waals surface area contributed by atoms with Gasteiger partial charge in [0.15, 0.2) is 5.78 Å². The van der Waals surface area contributed by atoms with Crippen molar-refractivity contribution >= 4 is 11.8 Å². The van der Waals surface area contributed by atoms with Crippen LogP contribution in [0.4, 0.5) is 0 Å². The van der Waals surface area contributed by atoms with E-state index in [4.69, 9.17) is 4.74 Å². The van der Waals surface area contributed by atoms with Gasteiger partial charge < -0.3 is 4.74 Å². The molecule has 3 heteroatoms. The third-order valence-corrected chi connectivity index (χ3v) is 4.33. The molecule has 0 saturated heterocycles. The van der Waals surface area contributed by atoms with Crippen LogP contribution in [0.3, 0.4) is 0 Å². The zero-order chi connectivity index (χ0) is 15.2. The van der Waals surface area contributed by atoms with E-state index in [9.17, 15) is 9.59 Å². The van der Waals surface area contributed by atoms with E-state index in [1.165, 1.54) is 31.2 Å². The number of rotatable bonds is 5. The molecule has 0 N–H and O–H groups in total. The smallest absolute Gasteiger partial charge is 0.313 e. The summed E-state index contributed by atoms with van der Waals surface area (Å²) in [7, 11) is 0. The summed E-state index contributed by atoms with van der Waals surface area (Å²) in [5.41, 5.74) is 1.91. The van der Waals surface area contributed by atoms with Crippen LogP contribution < -0.4 is 0 Å². The number of carbonyl (C=O) groups excluding carboxylic acids is 2. The van der Waals surface area contributed by atoms with Gasteiger partial charge in [0.1, 0.15) is 6.42 Å². The molecule has 21 heavy (non-hydrogen) atoms. The predicted octanol–water partition coefficient (Wildman–Crippen LogP) is 4.12. The SMILES string of the molecule is CCOC(=O)CC(=O)c1ccc(C2CCC(C)CC2)cc1. The third kappa shape index (κ3) is 4.42. The highest BCUT2D eigenvalue weighted by Crippen LogP contribution is 2.35. The van der Waals surface area contributed by atoms with Crippen molar-refractivity contribution in [1.29, 1.82) is 0 Å². The lowest BCUT2D eigenvalue weighted by molar-refractivity contribution is -0.141. The fourth-order valence-electron chi connectivity index (χ4n) is 2.98. The summed E-state index contributed by atoms with van der Waals surface area (Å²) in [4.78, 5) is 23.3. The van der Waals surface area contributed by atoms with E-state index in [1.54, 1.807) is 6.92 Å². The van der Waals surface area contributed by atoms with E-state index in [1.807, 2.05) is 24.3 Å². The molecule has 0 spiro atoms. The Kier molecular flexibility index (Phi) is 5.54. The summed E-state index contributed by atoms with van der Waals surface area (Å²) in [5.74, 6) is 0.840. The zero-order valence-corrected chi connectivity index (χ0v) is 12.9. The normalized spacial score (nSPS) is 21.8. The molecule has 1 aliphatic rings. The zero-order valence-electron chi connectivity index (χ0n) is 12.9. The summed E-state index contributed by atoms with van der Waals surface area (Å²) in [5, 5.41) is 0. The Bertz CT molecular complexity index is 482. The van der Waals surface area contributed by atoms with Gasteiger partial charge in [-0.1, -0.05) is 44.0 Å². The number of benzene rings is 1. The van der Waals surface area contributed by atoms with Gasteiger partial charge >= 0.3 is 5.97 Å². The minimum atomic E-state index is -0.451. The Balaban J connectivity index is 1.95. The molecule has 1 aliphatic carbocycles. The van der Waals surface area contributed by atoms with Gasteiger partial charge in [-0.25, -0.2) is 0 Å². The van der Waals surface area contributed by atoms with Crippen LogP contribution in [0.2, 0.25) is 0 Å². The lowest BCUT2D eigenvalue weighted by Crippen LogP contribution is -2.12. The van der Waals surface area contributed by atoms with Crippen molar-refractivity contribution in [2.75, 3.05) is 6.61 Å². The molecule has 1 aromatic carbocycles. The quantitative estimate of drug-likeness (QED) is 0.465. The maximum Gasteiger partial charge on any atom is 0.313 e. The molecule has 0 heterocycles. The van der Waals surface area contributed by atoms with Crippen LogP contribution in [-0.4, -0.2) is 18.4 Å². The van der Waals surface area contributed by atoms with Gasteiger partial charge in [-0.05, 0) is 37.2 Å². The number of carbonyl (C=O) groups is 2. The Labute approximate surface area is 126 Å². The number of esters is 1. The highest BCUT2D eigenvalue weighted by Gasteiger charge is 2.20. The minimum Gasteiger partial charge on any atom is -0.466 e. The standard InChI is InChI=1S/C18H24O3/c1-3-21-18(20)12-17(19)16-10-8-15(9-11-16)14-6-4-13(2)5-7-14/h8-11,13-14H,3-7,12H2,1-2H3. The third-order valence-electron chi connectivity index (χ3n) is 4.33. The maximum absolute atomic E-state index is 12.0. The molecule has 0 aliphatic heterocycles. The van der Waals surface area contributed by atoms with Crippen LogP contribution in [0.15, 0.2) is 24.3 Å². The Morgan fingerprint density at radius 2 is 1.71 bits per heavy atom. The van der Waals surface area contributed by atoms with Gasteiger partial charge in [0.05, 0.1) is 6.61 Å². The molecular weight excluding hydrogens is 264 g/mol. The second kappa shape index (κ2) is 7.39. The Morgan fingerprint density at radius 1 is 1.10 bits per heavy atom. The average Bonchev–Trinajstić information content (AvgIpc) is 2.48. The average molecular weight is 288 g/mol. The predicted molar refractivity (Wildman–Crippen MR) is 82.4 cm³/mol. The van der Waals surface area contributed by atoms with E-state index in [2.05, 4.69) is 6.92 Å². The molecule has 0 radical (unpaired) electrons. The van der Waals surface area contributed by atoms with Crippen LogP contribution in [0, 0.1) is 5.92 Å². The molecule has 1 saturated carbocycles. The molecule has 0 aromatic heterocycles. The molecule has 2 rings (SSSR count). The summed E-state index contributed by atoms with van der Waals surface area (Å²) in [6.45, 7) is 4.36. The monoisotopic (exact) mass is 288 g/mol. The topological polar surface area (TPSA) is 43.4 Å². The number of hydrogen-bond donors (Lipinski definition) is 0. The first-order chi connectivity index (χ1) is 10.1. The van der Waals surface area contributed by atoms with E-state index >= 15 is 0 Å². The molecule has 114 valence electrons. The van der Waals surface area contributed by atoms with Crippen molar-refractivity contribution in [2.24, 2.45) is 5.92 Å². The van der Waals surface area contributed by atoms with Crippen LogP contribution in [0.25, 0.3) is 0 Å². The number of hydrogen-bond acceptors (Lipinski definition) is 3. The second-order valence-electron chi connectivity index (χ2n) is 5.98. The van der Waals surface area contributed by atoms with Crippen molar-refractivity contribution in [3.8, 4) is 0 Å². The van der Waals surface area contributed by atoms with Gasteiger partial charge in [-0.15, -0.1) is 0 Å². The Morgan fingerprint density at radius 3 is 2.29 bits per heavy atom. The van der Waals surface area contributed by atoms with Crippen LogP contribution in [-0.2, 0) is 9.53 Å². The first-order valence-corrected chi connectivity index (χ1v) is 7.89. The number of ether oxygens (including phenoxy) is 1. The highest BCUT2D eigenvalue weighted by molar-refractivity contribution is 6.05. The van der Waals surface area contributed by atoms with Crippen molar-refractivity contribution < 1.29 is 14.3 Å². The first-order valence-electron chi connectivity index (χ1n) is 7.89. The molecule has 3 nitrogen and oxygen atoms in total. The summed E-state index contributed by atoms with van der Waals surface area (Å²) >= 11 is 0. The van der Waals surface area contributed by atoms with E-state index in [0.29, 0.717) is 18.1 Å². The van der Waals surface area contributed by atoms with Gasteiger partial charge in [-0.3, -0.25) is 9.59 Å². The summed E-state index contributed by atoms with van der Waals surface area (Å²) < 4.78 is 4.80. The summed E-state index contributed by atoms with van der Waals surface area (Å²) in [6.07, 6.45) is 4.87. The molecule has 0 atom stereocenters. The number of Topliss-reactive ketones (excluding diaryl/α,β-unsaturated/α-hetero) is 1. The van der Waals surface area contributed by atoms with Gasteiger partial charge in [0.2, 0.25) is 0 Å². The molecule has 0 unspecified atom stereocenters. The second-order valence-corrected chi connectivity index (χ2v) is 5.98. The highest BCUT2D eigenvalue weighted by atomic mass is 16.5. The lowest BCUT2D eigenvalue weighted by Gasteiger charge is -2.26. The molecule has 0 amide bonds. The lowest BCUT2D eigenvalue weighted by atomic mass is 9.79. The molecule has 1 fully saturated rings. The van der Waals surface area contributed by atoms with Crippen molar-refractivity contribution in [2.45, 2.75) is 51.9 Å². The van der Waals surface area contributed by atoms with Crippen LogP contribution in [0.5, 0.6) is 0 Å². The molecule has 0 bridgehead atoms. The van der Waals surface area contributed by atoms with Gasteiger partial charge in [0, 0.05) is 5.56 Å². The van der Waals surface area contributed by atoms with Crippen molar-refractivity contribution in [1.82, 2.24) is 0 Å². The van der Waals surface area contributed by atoms with Crippen LogP contribution in [0.1, 0.15) is 67.8 Å². The van der Waals surface area contributed by atoms with E-state index < -0.39 is 5.97 Å². The van der Waals surface area contributed by atoms with Crippen molar-refractivity contribution in [3.05, 3.63) is 35.4 Å². The van der Waals surface area contributed by atoms with Crippen molar-refractivity contribution in [3.63, 3.8) is 0 Å². The minimum absolute atomic E-state index is 0.169. The number of ketones is 1.